The summed E-state index contributed by atoms with van der Waals surface area (Å²) in [6.45, 7) is 5.18. The van der Waals surface area contributed by atoms with Crippen LogP contribution >= 0.6 is 11.3 Å². The highest BCUT2D eigenvalue weighted by molar-refractivity contribution is 7.25. The normalized spacial score (nSPS) is 16.3. The fourth-order valence-electron chi connectivity index (χ4n) is 3.81. The minimum absolute atomic E-state index is 0.232. The van der Waals surface area contributed by atoms with Crippen molar-refractivity contribution in [2.24, 2.45) is 5.92 Å². The number of allylic oxidation sites excluding steroid dienone is 2. The highest BCUT2D eigenvalue weighted by Gasteiger charge is 2.24. The maximum atomic E-state index is 15.1. The van der Waals surface area contributed by atoms with Gasteiger partial charge in [-0.25, -0.2) is 8.78 Å². The first-order valence-corrected chi connectivity index (χ1v) is 11.2. The summed E-state index contributed by atoms with van der Waals surface area (Å²) < 4.78 is 42.2. The summed E-state index contributed by atoms with van der Waals surface area (Å²) >= 11 is 1.12. The second-order valence-electron chi connectivity index (χ2n) is 7.67. The van der Waals surface area contributed by atoms with E-state index in [4.69, 9.17) is 9.47 Å². The summed E-state index contributed by atoms with van der Waals surface area (Å²) in [5, 5.41) is 1.43. The van der Waals surface area contributed by atoms with Crippen LogP contribution in [0.1, 0.15) is 46.0 Å². The Morgan fingerprint density at radius 1 is 0.966 bits per heavy atom. The molecule has 0 unspecified atom stereocenters. The molecule has 1 heterocycles. The van der Waals surface area contributed by atoms with Gasteiger partial charge in [0.05, 0.1) is 22.6 Å². The number of fused-ring (bicyclic) bond motifs is 3. The van der Waals surface area contributed by atoms with E-state index in [9.17, 15) is 4.39 Å². The predicted octanol–water partition coefficient (Wildman–Crippen LogP) is 7.64. The van der Waals surface area contributed by atoms with Gasteiger partial charge in [0.1, 0.15) is 0 Å². The standard InChI is InChI=1S/C24H26F2O2S/c1-3-5-11-27-19-9-7-17-18-8-10-20(22(26)24(18)29-23(17)21(19)25)28-14-16-12-15(13-16)6-4-2/h6-10,16H,3-5,11-14H2,1-2H3. The van der Waals surface area contributed by atoms with Crippen molar-refractivity contribution in [3.63, 3.8) is 0 Å². The highest BCUT2D eigenvalue weighted by atomic mass is 32.1. The molecule has 1 aromatic heterocycles. The highest BCUT2D eigenvalue weighted by Crippen LogP contribution is 2.42. The smallest absolute Gasteiger partial charge is 0.182 e. The molecular weight excluding hydrogens is 390 g/mol. The van der Waals surface area contributed by atoms with E-state index in [1.54, 1.807) is 12.1 Å². The first-order valence-electron chi connectivity index (χ1n) is 10.4. The molecule has 0 radical (unpaired) electrons. The van der Waals surface area contributed by atoms with Gasteiger partial charge in [0.25, 0.3) is 0 Å². The van der Waals surface area contributed by atoms with Gasteiger partial charge in [0.2, 0.25) is 0 Å². The Morgan fingerprint density at radius 2 is 1.59 bits per heavy atom. The van der Waals surface area contributed by atoms with Crippen molar-refractivity contribution in [2.45, 2.75) is 46.0 Å². The summed E-state index contributed by atoms with van der Waals surface area (Å²) in [4.78, 5) is 0. The molecule has 2 aromatic carbocycles. The number of ether oxygens (including phenoxy) is 2. The molecule has 1 aliphatic rings. The van der Waals surface area contributed by atoms with Crippen molar-refractivity contribution in [1.82, 2.24) is 0 Å². The van der Waals surface area contributed by atoms with Gasteiger partial charge >= 0.3 is 0 Å². The minimum Gasteiger partial charge on any atom is -0.490 e. The van der Waals surface area contributed by atoms with Gasteiger partial charge in [-0.05, 0) is 49.9 Å². The van der Waals surface area contributed by atoms with Crippen molar-refractivity contribution in [3.8, 4) is 11.5 Å². The molecule has 3 aromatic rings. The van der Waals surface area contributed by atoms with Crippen LogP contribution in [0.15, 0.2) is 35.9 Å². The van der Waals surface area contributed by atoms with Crippen molar-refractivity contribution in [2.75, 3.05) is 13.2 Å². The maximum Gasteiger partial charge on any atom is 0.182 e. The third kappa shape index (κ3) is 3.97. The third-order valence-electron chi connectivity index (χ3n) is 5.44. The quantitative estimate of drug-likeness (QED) is 0.277. The lowest BCUT2D eigenvalue weighted by Gasteiger charge is -2.29. The lowest BCUT2D eigenvalue weighted by molar-refractivity contribution is 0.211. The van der Waals surface area contributed by atoms with Crippen LogP contribution < -0.4 is 9.47 Å². The Morgan fingerprint density at radius 3 is 2.17 bits per heavy atom. The molecule has 4 rings (SSSR count). The van der Waals surface area contributed by atoms with Crippen molar-refractivity contribution in [3.05, 3.63) is 47.5 Å². The number of halogens is 2. The monoisotopic (exact) mass is 416 g/mol. The average Bonchev–Trinajstić information content (AvgIpc) is 3.07. The summed E-state index contributed by atoms with van der Waals surface area (Å²) in [6.07, 6.45) is 7.24. The minimum atomic E-state index is -0.411. The zero-order chi connectivity index (χ0) is 20.4. The number of rotatable bonds is 8. The Bertz CT molecular complexity index is 1050. The number of thiophene rings is 1. The van der Waals surface area contributed by atoms with Gasteiger partial charge in [0, 0.05) is 16.7 Å². The molecule has 0 aliphatic heterocycles. The van der Waals surface area contributed by atoms with E-state index < -0.39 is 11.6 Å². The van der Waals surface area contributed by atoms with E-state index in [1.165, 1.54) is 5.57 Å². The summed E-state index contributed by atoms with van der Waals surface area (Å²) in [5.41, 5.74) is 1.47. The number of benzene rings is 2. The first-order chi connectivity index (χ1) is 14.1. The summed E-state index contributed by atoms with van der Waals surface area (Å²) in [5.74, 6) is 0.115. The van der Waals surface area contributed by atoms with Crippen molar-refractivity contribution in [1.29, 1.82) is 0 Å². The average molecular weight is 417 g/mol. The van der Waals surface area contributed by atoms with Crippen molar-refractivity contribution < 1.29 is 18.3 Å². The van der Waals surface area contributed by atoms with Gasteiger partial charge in [-0.2, -0.15) is 0 Å². The molecule has 0 N–H and O–H groups in total. The largest absolute Gasteiger partial charge is 0.490 e. The van der Waals surface area contributed by atoms with Crippen LogP contribution in [0, 0.1) is 17.6 Å². The molecule has 1 aliphatic carbocycles. The molecular formula is C24H26F2O2S. The van der Waals surface area contributed by atoms with Gasteiger partial charge < -0.3 is 9.47 Å². The Hall–Kier alpha value is -2.14. The molecule has 1 fully saturated rings. The van der Waals surface area contributed by atoms with E-state index in [0.717, 1.165) is 43.4 Å². The van der Waals surface area contributed by atoms with Gasteiger partial charge in [-0.3, -0.25) is 0 Å². The molecule has 0 atom stereocenters. The van der Waals surface area contributed by atoms with Crippen LogP contribution in [0.2, 0.25) is 0 Å². The first kappa shape index (κ1) is 20.1. The number of hydrogen-bond acceptors (Lipinski definition) is 3. The van der Waals surface area contributed by atoms with Crippen LogP contribution in [0.3, 0.4) is 0 Å². The molecule has 0 amide bonds. The number of hydrogen-bond donors (Lipinski definition) is 0. The molecule has 1 saturated carbocycles. The second kappa shape index (κ2) is 8.70. The Balaban J connectivity index is 1.56. The van der Waals surface area contributed by atoms with E-state index in [0.29, 0.717) is 39.3 Å². The number of unbranched alkanes of at least 4 members (excludes halogenated alkanes) is 1. The molecule has 5 heteroatoms. The van der Waals surface area contributed by atoms with Crippen molar-refractivity contribution >= 4 is 31.5 Å². The maximum absolute atomic E-state index is 15.1. The molecule has 2 nitrogen and oxygen atoms in total. The molecule has 0 spiro atoms. The van der Waals surface area contributed by atoms with Crippen LogP contribution in [-0.2, 0) is 0 Å². The third-order valence-corrected chi connectivity index (χ3v) is 6.65. The lowest BCUT2D eigenvalue weighted by atomic mass is 9.80. The summed E-state index contributed by atoms with van der Waals surface area (Å²) in [6, 6.07) is 6.94. The predicted molar refractivity (Wildman–Crippen MR) is 116 cm³/mol. The topological polar surface area (TPSA) is 18.5 Å². The second-order valence-corrected chi connectivity index (χ2v) is 8.69. The molecule has 0 bridgehead atoms. The van der Waals surface area contributed by atoms with E-state index in [-0.39, 0.29) is 11.5 Å². The summed E-state index contributed by atoms with van der Waals surface area (Å²) in [7, 11) is 0. The molecule has 154 valence electrons. The van der Waals surface area contributed by atoms with Gasteiger partial charge in [-0.15, -0.1) is 11.3 Å². The SMILES string of the molecule is CCC=C1CC(COc2ccc3c(sc4c(F)c(OCCCC)ccc43)c2F)C1. The van der Waals surface area contributed by atoms with E-state index in [2.05, 4.69) is 19.9 Å². The zero-order valence-corrected chi connectivity index (χ0v) is 17.7. The zero-order valence-electron chi connectivity index (χ0n) is 16.9. The van der Waals surface area contributed by atoms with Gasteiger partial charge in [-0.1, -0.05) is 31.9 Å². The van der Waals surface area contributed by atoms with Crippen LogP contribution in [0.25, 0.3) is 20.2 Å². The van der Waals surface area contributed by atoms with Crippen LogP contribution in [-0.4, -0.2) is 13.2 Å². The fraction of sp³-hybridized carbons (Fsp3) is 0.417. The molecule has 29 heavy (non-hydrogen) atoms. The van der Waals surface area contributed by atoms with Crippen LogP contribution in [0.5, 0.6) is 11.5 Å². The van der Waals surface area contributed by atoms with Crippen LogP contribution in [0.4, 0.5) is 8.78 Å². The fourth-order valence-corrected chi connectivity index (χ4v) is 4.97. The Labute approximate surface area is 174 Å². The van der Waals surface area contributed by atoms with E-state index in [1.807, 2.05) is 12.1 Å². The van der Waals surface area contributed by atoms with Gasteiger partial charge in [0.15, 0.2) is 23.1 Å². The molecule has 0 saturated heterocycles. The lowest BCUT2D eigenvalue weighted by Crippen LogP contribution is -2.22. The van der Waals surface area contributed by atoms with E-state index >= 15 is 4.39 Å². The Kier molecular flexibility index (Phi) is 6.04.